The molecule has 0 atom stereocenters. The molecule has 0 aliphatic heterocycles. The molecule has 1 aliphatic carbocycles. The Morgan fingerprint density at radius 2 is 1.89 bits per heavy atom. The summed E-state index contributed by atoms with van der Waals surface area (Å²) in [5.41, 5.74) is 0.909. The fourth-order valence-electron chi connectivity index (χ4n) is 1.60. The molecule has 0 aromatic carbocycles. The van der Waals surface area contributed by atoms with Crippen molar-refractivity contribution in [3.05, 3.63) is 30.2 Å². The van der Waals surface area contributed by atoms with E-state index in [-0.39, 0.29) is 0 Å². The molecule has 0 unspecified atom stereocenters. The highest BCUT2D eigenvalue weighted by molar-refractivity contribution is 5.48. The topological polar surface area (TPSA) is 75.6 Å². The summed E-state index contributed by atoms with van der Waals surface area (Å²) < 4.78 is 0. The van der Waals surface area contributed by atoms with Crippen LogP contribution in [0.15, 0.2) is 24.5 Å². The molecule has 6 heteroatoms. The molecule has 2 heterocycles. The van der Waals surface area contributed by atoms with Gasteiger partial charge in [-0.15, -0.1) is 0 Å². The summed E-state index contributed by atoms with van der Waals surface area (Å²) in [5, 5.41) is 6.35. The molecule has 6 nitrogen and oxygen atoms in total. The van der Waals surface area contributed by atoms with Crippen molar-refractivity contribution in [2.24, 2.45) is 0 Å². The molecule has 92 valence electrons. The predicted octanol–water partition coefficient (Wildman–Crippen LogP) is 1.89. The van der Waals surface area contributed by atoms with E-state index < -0.39 is 0 Å². The number of anilines is 3. The van der Waals surface area contributed by atoms with Crippen molar-refractivity contribution in [2.45, 2.75) is 25.8 Å². The van der Waals surface area contributed by atoms with Gasteiger partial charge in [-0.2, -0.15) is 4.98 Å². The third kappa shape index (κ3) is 2.71. The number of aromatic nitrogens is 4. The Balaban J connectivity index is 1.80. The molecular weight excluding hydrogens is 228 g/mol. The number of hydrogen-bond acceptors (Lipinski definition) is 6. The van der Waals surface area contributed by atoms with Gasteiger partial charge in [-0.25, -0.2) is 15.0 Å². The highest BCUT2D eigenvalue weighted by Gasteiger charge is 2.21. The van der Waals surface area contributed by atoms with Crippen LogP contribution in [-0.4, -0.2) is 26.0 Å². The van der Waals surface area contributed by atoms with Crippen LogP contribution in [0.4, 0.5) is 17.7 Å². The first-order valence-electron chi connectivity index (χ1n) is 5.96. The van der Waals surface area contributed by atoms with Crippen LogP contribution in [0.2, 0.25) is 0 Å². The smallest absolute Gasteiger partial charge is 0.231 e. The SMILES string of the molecule is Cc1cc(NC2CC2)nc(Nc2ncccn2)n1. The number of nitrogens with zero attached hydrogens (tertiary/aromatic N) is 4. The van der Waals surface area contributed by atoms with Gasteiger partial charge in [0, 0.05) is 30.2 Å². The summed E-state index contributed by atoms with van der Waals surface area (Å²) in [5.74, 6) is 1.87. The summed E-state index contributed by atoms with van der Waals surface area (Å²) in [6.07, 6.45) is 5.78. The van der Waals surface area contributed by atoms with Crippen LogP contribution in [0.25, 0.3) is 0 Å². The summed E-state index contributed by atoms with van der Waals surface area (Å²) in [7, 11) is 0. The van der Waals surface area contributed by atoms with Crippen LogP contribution in [-0.2, 0) is 0 Å². The first kappa shape index (κ1) is 10.9. The molecule has 0 amide bonds. The van der Waals surface area contributed by atoms with Crippen LogP contribution in [0.1, 0.15) is 18.5 Å². The van der Waals surface area contributed by atoms with Crippen LogP contribution in [0, 0.1) is 6.92 Å². The van der Waals surface area contributed by atoms with Gasteiger partial charge in [-0.3, -0.25) is 5.32 Å². The van der Waals surface area contributed by atoms with Crippen LogP contribution in [0.5, 0.6) is 0 Å². The number of nitrogens with one attached hydrogen (secondary N) is 2. The standard InChI is InChI=1S/C12H14N6/c1-8-7-10(16-9-3-4-9)17-12(15-8)18-11-13-5-2-6-14-11/h2,5-7,9H,3-4H2,1H3,(H2,13,14,15,16,17,18). The fraction of sp³-hybridized carbons (Fsp3) is 0.333. The third-order valence-corrected chi connectivity index (χ3v) is 2.57. The lowest BCUT2D eigenvalue weighted by Gasteiger charge is -2.08. The molecule has 0 radical (unpaired) electrons. The lowest BCUT2D eigenvalue weighted by molar-refractivity contribution is 1.04. The van der Waals surface area contributed by atoms with Crippen molar-refractivity contribution >= 4 is 17.7 Å². The first-order chi connectivity index (χ1) is 8.79. The van der Waals surface area contributed by atoms with Gasteiger partial charge in [0.2, 0.25) is 11.9 Å². The number of aryl methyl sites for hydroxylation is 1. The Morgan fingerprint density at radius 1 is 1.11 bits per heavy atom. The number of rotatable bonds is 4. The maximum Gasteiger partial charge on any atom is 0.231 e. The van der Waals surface area contributed by atoms with Gasteiger partial charge >= 0.3 is 0 Å². The van der Waals surface area contributed by atoms with Crippen LogP contribution >= 0.6 is 0 Å². The molecule has 1 saturated carbocycles. The summed E-state index contributed by atoms with van der Waals surface area (Å²) in [6.45, 7) is 1.94. The molecule has 18 heavy (non-hydrogen) atoms. The molecule has 2 N–H and O–H groups in total. The van der Waals surface area contributed by atoms with Crippen LogP contribution < -0.4 is 10.6 Å². The van der Waals surface area contributed by atoms with E-state index in [1.165, 1.54) is 12.8 Å². The zero-order chi connectivity index (χ0) is 12.4. The minimum absolute atomic E-state index is 0.500. The Morgan fingerprint density at radius 3 is 2.61 bits per heavy atom. The van der Waals surface area contributed by atoms with Crippen molar-refractivity contribution < 1.29 is 0 Å². The van der Waals surface area contributed by atoms with Gasteiger partial charge in [-0.1, -0.05) is 0 Å². The molecule has 0 spiro atoms. The van der Waals surface area contributed by atoms with E-state index in [1.807, 2.05) is 13.0 Å². The van der Waals surface area contributed by atoms with E-state index in [1.54, 1.807) is 18.5 Å². The summed E-state index contributed by atoms with van der Waals surface area (Å²) >= 11 is 0. The van der Waals surface area contributed by atoms with E-state index >= 15 is 0 Å². The predicted molar refractivity (Wildman–Crippen MR) is 68.7 cm³/mol. The minimum atomic E-state index is 0.500. The molecule has 2 aromatic rings. The first-order valence-corrected chi connectivity index (χ1v) is 5.96. The molecular formula is C12H14N6. The third-order valence-electron chi connectivity index (χ3n) is 2.57. The highest BCUT2D eigenvalue weighted by atomic mass is 15.2. The molecule has 1 aliphatic rings. The average Bonchev–Trinajstić information content (AvgIpc) is 3.13. The van der Waals surface area contributed by atoms with Gasteiger partial charge in [0.05, 0.1) is 0 Å². The van der Waals surface area contributed by atoms with E-state index in [2.05, 4.69) is 30.6 Å². The van der Waals surface area contributed by atoms with Crippen molar-refractivity contribution in [1.82, 2.24) is 19.9 Å². The van der Waals surface area contributed by atoms with Gasteiger partial charge < -0.3 is 5.32 Å². The molecule has 2 aromatic heterocycles. The quantitative estimate of drug-likeness (QED) is 0.852. The molecule has 0 bridgehead atoms. The summed E-state index contributed by atoms with van der Waals surface area (Å²) in [6, 6.07) is 4.28. The van der Waals surface area contributed by atoms with E-state index in [4.69, 9.17) is 0 Å². The van der Waals surface area contributed by atoms with Gasteiger partial charge in [0.25, 0.3) is 0 Å². The fourth-order valence-corrected chi connectivity index (χ4v) is 1.60. The molecule has 0 saturated heterocycles. The maximum absolute atomic E-state index is 4.40. The average molecular weight is 242 g/mol. The van der Waals surface area contributed by atoms with E-state index in [0.717, 1.165) is 11.5 Å². The van der Waals surface area contributed by atoms with Crippen molar-refractivity contribution in [1.29, 1.82) is 0 Å². The highest BCUT2D eigenvalue weighted by Crippen LogP contribution is 2.24. The molecule has 1 fully saturated rings. The van der Waals surface area contributed by atoms with Crippen molar-refractivity contribution in [2.75, 3.05) is 10.6 Å². The van der Waals surface area contributed by atoms with Crippen LogP contribution in [0.3, 0.4) is 0 Å². The monoisotopic (exact) mass is 242 g/mol. The van der Waals surface area contributed by atoms with Gasteiger partial charge in [-0.05, 0) is 25.8 Å². The number of hydrogen-bond donors (Lipinski definition) is 2. The lowest BCUT2D eigenvalue weighted by atomic mass is 10.4. The Hall–Kier alpha value is -2.24. The summed E-state index contributed by atoms with van der Waals surface area (Å²) in [4.78, 5) is 16.9. The van der Waals surface area contributed by atoms with Crippen molar-refractivity contribution in [3.8, 4) is 0 Å². The second-order valence-electron chi connectivity index (χ2n) is 4.33. The second-order valence-corrected chi connectivity index (χ2v) is 4.33. The van der Waals surface area contributed by atoms with E-state index in [0.29, 0.717) is 17.9 Å². The zero-order valence-corrected chi connectivity index (χ0v) is 10.1. The minimum Gasteiger partial charge on any atom is -0.367 e. The Labute approximate surface area is 105 Å². The molecule has 3 rings (SSSR count). The normalized spacial score (nSPS) is 14.3. The Kier molecular flexibility index (Phi) is 2.76. The van der Waals surface area contributed by atoms with Gasteiger partial charge in [0.15, 0.2) is 0 Å². The lowest BCUT2D eigenvalue weighted by Crippen LogP contribution is -2.07. The second kappa shape index (κ2) is 4.56. The largest absolute Gasteiger partial charge is 0.367 e. The van der Waals surface area contributed by atoms with Gasteiger partial charge in [0.1, 0.15) is 5.82 Å². The zero-order valence-electron chi connectivity index (χ0n) is 10.1. The maximum atomic E-state index is 4.40. The Bertz CT molecular complexity index is 538. The van der Waals surface area contributed by atoms with Crippen molar-refractivity contribution in [3.63, 3.8) is 0 Å². The van der Waals surface area contributed by atoms with E-state index in [9.17, 15) is 0 Å².